The highest BCUT2D eigenvalue weighted by molar-refractivity contribution is 8.01. The summed E-state index contributed by atoms with van der Waals surface area (Å²) in [5.41, 5.74) is 0. The van der Waals surface area contributed by atoms with Crippen LogP contribution in [0.5, 0.6) is 0 Å². The van der Waals surface area contributed by atoms with E-state index in [0.717, 1.165) is 5.75 Å². The zero-order valence-electron chi connectivity index (χ0n) is 4.73. The van der Waals surface area contributed by atoms with Crippen molar-refractivity contribution in [3.63, 3.8) is 0 Å². The number of thioether (sulfide) groups is 1. The highest BCUT2D eigenvalue weighted by Gasteiger charge is 2.49. The summed E-state index contributed by atoms with van der Waals surface area (Å²) in [5.74, 6) is 0.915. The molecule has 0 aliphatic carbocycles. The van der Waals surface area contributed by atoms with Gasteiger partial charge in [-0.05, 0) is 0 Å². The van der Waals surface area contributed by atoms with Crippen molar-refractivity contribution in [1.82, 2.24) is 0 Å². The van der Waals surface area contributed by atoms with Gasteiger partial charge in [0.1, 0.15) is 6.10 Å². The van der Waals surface area contributed by atoms with Crippen molar-refractivity contribution in [2.45, 2.75) is 23.7 Å². The summed E-state index contributed by atoms with van der Waals surface area (Å²) in [7, 11) is 0. The van der Waals surface area contributed by atoms with Crippen molar-refractivity contribution < 1.29 is 14.9 Å². The molecule has 4 atom stereocenters. The van der Waals surface area contributed by atoms with Gasteiger partial charge in [0.2, 0.25) is 0 Å². The molecule has 0 saturated carbocycles. The molecule has 0 aromatic rings. The first-order valence-electron chi connectivity index (χ1n) is 2.92. The Morgan fingerprint density at radius 3 is 2.44 bits per heavy atom. The molecule has 0 bridgehead atoms. The molecule has 0 radical (unpaired) electrons. The molecule has 2 saturated heterocycles. The summed E-state index contributed by atoms with van der Waals surface area (Å²) < 4.78 is 4.96. The van der Waals surface area contributed by atoms with Gasteiger partial charge >= 0.3 is 0 Å². The molecule has 2 heterocycles. The quantitative estimate of drug-likeness (QED) is 0.471. The van der Waals surface area contributed by atoms with E-state index in [1.54, 1.807) is 11.8 Å². The average Bonchev–Trinajstić information content (AvgIpc) is 1.92. The van der Waals surface area contributed by atoms with Crippen LogP contribution in [0.25, 0.3) is 0 Å². The SMILES string of the molecule is O[C@@H]1[C@H]2SC[C@H]2O[C@@H]1O. The molecular formula is C5H8O3S. The van der Waals surface area contributed by atoms with Crippen molar-refractivity contribution >= 4 is 11.8 Å². The third kappa shape index (κ3) is 0.709. The zero-order valence-corrected chi connectivity index (χ0v) is 5.54. The Morgan fingerprint density at radius 2 is 2.22 bits per heavy atom. The largest absolute Gasteiger partial charge is 0.387 e. The lowest BCUT2D eigenvalue weighted by Gasteiger charge is -2.28. The summed E-state index contributed by atoms with van der Waals surface area (Å²) in [6, 6.07) is 0. The highest BCUT2D eigenvalue weighted by atomic mass is 32.2. The molecule has 3 nitrogen and oxygen atoms in total. The molecule has 0 unspecified atom stereocenters. The van der Waals surface area contributed by atoms with E-state index >= 15 is 0 Å². The molecule has 0 aromatic heterocycles. The third-order valence-corrected chi connectivity index (χ3v) is 3.25. The van der Waals surface area contributed by atoms with Crippen LogP contribution in [-0.4, -0.2) is 39.7 Å². The predicted octanol–water partition coefficient (Wildman–Crippen LogP) is -0.820. The van der Waals surface area contributed by atoms with Gasteiger partial charge < -0.3 is 14.9 Å². The second kappa shape index (κ2) is 1.85. The molecule has 2 N–H and O–H groups in total. The molecule has 2 fully saturated rings. The Morgan fingerprint density at radius 1 is 1.44 bits per heavy atom. The van der Waals surface area contributed by atoms with Crippen LogP contribution in [0.2, 0.25) is 0 Å². The van der Waals surface area contributed by atoms with Gasteiger partial charge in [-0.1, -0.05) is 0 Å². The topological polar surface area (TPSA) is 49.7 Å². The van der Waals surface area contributed by atoms with Crippen LogP contribution in [0.1, 0.15) is 0 Å². The number of hydrogen-bond acceptors (Lipinski definition) is 4. The second-order valence-corrected chi connectivity index (χ2v) is 3.56. The molecule has 52 valence electrons. The fourth-order valence-electron chi connectivity index (χ4n) is 1.14. The fraction of sp³-hybridized carbons (Fsp3) is 1.00. The van der Waals surface area contributed by atoms with Gasteiger partial charge in [-0.15, -0.1) is 0 Å². The average molecular weight is 148 g/mol. The van der Waals surface area contributed by atoms with Crippen LogP contribution in [0.4, 0.5) is 0 Å². The van der Waals surface area contributed by atoms with Crippen molar-refractivity contribution in [2.24, 2.45) is 0 Å². The first-order chi connectivity index (χ1) is 4.29. The third-order valence-electron chi connectivity index (χ3n) is 1.76. The lowest BCUT2D eigenvalue weighted by molar-refractivity contribution is -0.122. The van der Waals surface area contributed by atoms with Gasteiger partial charge in [-0.2, -0.15) is 11.8 Å². The van der Waals surface area contributed by atoms with E-state index in [9.17, 15) is 0 Å². The first kappa shape index (κ1) is 5.97. The number of hydrogen-bond donors (Lipinski definition) is 2. The Hall–Kier alpha value is 0.230. The Kier molecular flexibility index (Phi) is 1.23. The Labute approximate surface area is 57.0 Å². The van der Waals surface area contributed by atoms with Crippen LogP contribution in [-0.2, 0) is 4.74 Å². The molecular weight excluding hydrogens is 140 g/mol. The highest BCUT2D eigenvalue weighted by Crippen LogP contribution is 2.40. The Balaban J connectivity index is 2.07. The minimum absolute atomic E-state index is 0.111. The van der Waals surface area contributed by atoms with Gasteiger partial charge in [0.05, 0.1) is 11.4 Å². The molecule has 0 amide bonds. The minimum atomic E-state index is -0.935. The molecule has 9 heavy (non-hydrogen) atoms. The molecule has 2 rings (SSSR count). The van der Waals surface area contributed by atoms with E-state index in [-0.39, 0.29) is 11.4 Å². The molecule has 4 heteroatoms. The molecule has 0 aromatic carbocycles. The van der Waals surface area contributed by atoms with Crippen molar-refractivity contribution in [1.29, 1.82) is 0 Å². The van der Waals surface area contributed by atoms with Crippen LogP contribution < -0.4 is 0 Å². The van der Waals surface area contributed by atoms with E-state index in [0.29, 0.717) is 0 Å². The number of aliphatic hydroxyl groups excluding tert-OH is 2. The lowest BCUT2D eigenvalue weighted by Crippen LogP contribution is -2.38. The summed E-state index contributed by atoms with van der Waals surface area (Å²) in [6.45, 7) is 0. The maximum absolute atomic E-state index is 9.09. The minimum Gasteiger partial charge on any atom is -0.387 e. The molecule has 2 aliphatic rings. The van der Waals surface area contributed by atoms with Gasteiger partial charge in [0.25, 0.3) is 0 Å². The summed E-state index contributed by atoms with van der Waals surface area (Å²) in [4.78, 5) is 0. The van der Waals surface area contributed by atoms with Crippen molar-refractivity contribution in [3.8, 4) is 0 Å². The van der Waals surface area contributed by atoms with E-state index < -0.39 is 12.4 Å². The monoisotopic (exact) mass is 148 g/mol. The van der Waals surface area contributed by atoms with Gasteiger partial charge in [0.15, 0.2) is 6.29 Å². The maximum atomic E-state index is 9.09. The molecule has 2 aliphatic heterocycles. The van der Waals surface area contributed by atoms with Crippen LogP contribution in [0.3, 0.4) is 0 Å². The second-order valence-electron chi connectivity index (χ2n) is 2.35. The van der Waals surface area contributed by atoms with Gasteiger partial charge in [0, 0.05) is 5.75 Å². The number of ether oxygens (including phenoxy) is 1. The fourth-order valence-corrected chi connectivity index (χ4v) is 2.19. The maximum Gasteiger partial charge on any atom is 0.182 e. The van der Waals surface area contributed by atoms with E-state index in [2.05, 4.69) is 0 Å². The standard InChI is InChI=1S/C5H8O3S/c6-3-4-2(1-9-4)8-5(3)7/h2-7H,1H2/t2-,3-,4+,5+/m1/s1. The van der Waals surface area contributed by atoms with Gasteiger partial charge in [-0.25, -0.2) is 0 Å². The number of rotatable bonds is 0. The van der Waals surface area contributed by atoms with E-state index in [4.69, 9.17) is 14.9 Å². The summed E-state index contributed by atoms with van der Waals surface area (Å²) >= 11 is 1.65. The Bertz CT molecular complexity index is 125. The number of aliphatic hydroxyl groups is 2. The van der Waals surface area contributed by atoms with Crippen molar-refractivity contribution in [2.75, 3.05) is 5.75 Å². The van der Waals surface area contributed by atoms with E-state index in [1.807, 2.05) is 0 Å². The zero-order chi connectivity index (χ0) is 6.43. The summed E-state index contributed by atoms with van der Waals surface area (Å²) in [6.07, 6.45) is -1.48. The van der Waals surface area contributed by atoms with E-state index in [1.165, 1.54) is 0 Å². The lowest BCUT2D eigenvalue weighted by atomic mass is 10.2. The van der Waals surface area contributed by atoms with Crippen LogP contribution in [0.15, 0.2) is 0 Å². The van der Waals surface area contributed by atoms with Crippen LogP contribution in [0, 0.1) is 0 Å². The molecule has 0 spiro atoms. The van der Waals surface area contributed by atoms with Crippen molar-refractivity contribution in [3.05, 3.63) is 0 Å². The first-order valence-corrected chi connectivity index (χ1v) is 3.97. The van der Waals surface area contributed by atoms with Crippen LogP contribution >= 0.6 is 11.8 Å². The number of fused-ring (bicyclic) bond motifs is 1. The predicted molar refractivity (Wildman–Crippen MR) is 33.1 cm³/mol. The normalized spacial score (nSPS) is 56.7. The smallest absolute Gasteiger partial charge is 0.182 e. The summed E-state index contributed by atoms with van der Waals surface area (Å²) in [5, 5.41) is 18.1. The van der Waals surface area contributed by atoms with Gasteiger partial charge in [-0.3, -0.25) is 0 Å².